The molecule has 0 fully saturated rings. The van der Waals surface area contributed by atoms with Crippen molar-refractivity contribution in [2.75, 3.05) is 6.54 Å². The number of pyridine rings is 1. The molecule has 4 heterocycles. The van der Waals surface area contributed by atoms with Gasteiger partial charge in [0, 0.05) is 23.6 Å². The summed E-state index contributed by atoms with van der Waals surface area (Å²) >= 11 is 0.812. The second kappa shape index (κ2) is 10.2. The molecule has 0 unspecified atom stereocenters. The van der Waals surface area contributed by atoms with Crippen LogP contribution >= 0.6 is 11.3 Å². The third kappa shape index (κ3) is 6.06. The molecule has 1 aliphatic rings. The maximum atomic E-state index is 14.4. The summed E-state index contributed by atoms with van der Waals surface area (Å²) in [6, 6.07) is 2.87. The number of nitrogens with zero attached hydrogens (tertiary/aromatic N) is 4. The fourth-order valence-electron chi connectivity index (χ4n) is 3.69. The number of hydrogen-bond donors (Lipinski definition) is 0. The summed E-state index contributed by atoms with van der Waals surface area (Å²) in [6.07, 6.45) is 0.793. The van der Waals surface area contributed by atoms with E-state index in [1.54, 1.807) is 20.8 Å². The van der Waals surface area contributed by atoms with Gasteiger partial charge in [-0.15, -0.1) is 11.3 Å². The first-order chi connectivity index (χ1) is 18.1. The summed E-state index contributed by atoms with van der Waals surface area (Å²) in [5.41, 5.74) is -6.15. The number of carbonyl (C=O) groups excluding carboxylic acids is 1. The number of allylic oxidation sites excluding steroid dienone is 2. The van der Waals surface area contributed by atoms with Gasteiger partial charge < -0.3 is 13.8 Å². The average molecular weight is 593 g/mol. The highest BCUT2D eigenvalue weighted by molar-refractivity contribution is 7.88. The summed E-state index contributed by atoms with van der Waals surface area (Å²) in [4.78, 5) is 18.0. The zero-order valence-corrected chi connectivity index (χ0v) is 22.3. The Morgan fingerprint density at radius 1 is 1.21 bits per heavy atom. The van der Waals surface area contributed by atoms with E-state index >= 15 is 0 Å². The Balaban J connectivity index is 1.84. The fourth-order valence-corrected chi connectivity index (χ4v) is 5.00. The van der Waals surface area contributed by atoms with Crippen LogP contribution < -0.4 is 4.18 Å². The summed E-state index contributed by atoms with van der Waals surface area (Å²) in [5.74, 6) is -1.93. The lowest BCUT2D eigenvalue weighted by molar-refractivity contribution is -0.0500. The Morgan fingerprint density at radius 2 is 1.92 bits per heavy atom. The highest BCUT2D eigenvalue weighted by atomic mass is 32.2. The van der Waals surface area contributed by atoms with E-state index in [9.17, 15) is 35.2 Å². The Morgan fingerprint density at radius 3 is 2.56 bits per heavy atom. The molecule has 0 aliphatic carbocycles. The van der Waals surface area contributed by atoms with Gasteiger partial charge in [0.1, 0.15) is 22.8 Å². The van der Waals surface area contributed by atoms with E-state index in [2.05, 4.69) is 14.3 Å². The number of amides is 1. The number of aromatic nitrogens is 3. The van der Waals surface area contributed by atoms with Crippen LogP contribution in [0.15, 0.2) is 35.7 Å². The van der Waals surface area contributed by atoms with Crippen LogP contribution in [0.1, 0.15) is 32.0 Å². The van der Waals surface area contributed by atoms with E-state index in [0.29, 0.717) is 11.8 Å². The van der Waals surface area contributed by atoms with Gasteiger partial charge >= 0.3 is 21.7 Å². The van der Waals surface area contributed by atoms with Crippen LogP contribution in [0.5, 0.6) is 5.88 Å². The zero-order valence-electron chi connectivity index (χ0n) is 20.6. The number of alkyl halides is 3. The maximum Gasteiger partial charge on any atom is 0.534 e. The molecular formula is C23H21F5N4O5S2. The average Bonchev–Trinajstić information content (AvgIpc) is 3.45. The second-order valence-electron chi connectivity index (χ2n) is 9.29. The molecule has 0 bridgehead atoms. The van der Waals surface area contributed by atoms with E-state index in [1.807, 2.05) is 0 Å². The number of rotatable bonds is 5. The van der Waals surface area contributed by atoms with Gasteiger partial charge in [-0.2, -0.15) is 26.7 Å². The van der Waals surface area contributed by atoms with Crippen LogP contribution in [0.2, 0.25) is 0 Å². The number of ether oxygens (including phenoxy) is 1. The van der Waals surface area contributed by atoms with Crippen LogP contribution in [-0.2, 0) is 27.9 Å². The van der Waals surface area contributed by atoms with E-state index in [4.69, 9.17) is 4.74 Å². The first-order valence-electron chi connectivity index (χ1n) is 11.2. The molecule has 9 nitrogen and oxygen atoms in total. The highest BCUT2D eigenvalue weighted by Crippen LogP contribution is 2.40. The molecule has 16 heteroatoms. The molecule has 0 aromatic carbocycles. The Labute approximate surface area is 223 Å². The van der Waals surface area contributed by atoms with Crippen molar-refractivity contribution in [2.45, 2.75) is 45.0 Å². The topological polar surface area (TPSA) is 104 Å². The van der Waals surface area contributed by atoms with Crippen molar-refractivity contribution in [3.05, 3.63) is 47.0 Å². The molecule has 3 aromatic heterocycles. The van der Waals surface area contributed by atoms with Gasteiger partial charge in [-0.25, -0.2) is 18.6 Å². The van der Waals surface area contributed by atoms with Crippen LogP contribution in [0.3, 0.4) is 0 Å². The molecular weight excluding hydrogens is 571 g/mol. The minimum absolute atomic E-state index is 0.00180. The predicted molar refractivity (Wildman–Crippen MR) is 132 cm³/mol. The standard InChI is InChI=1S/C23H21F5N4O5S2/c1-22(2,3)36-21(33)31-7-8-32-14(12-31)11-17(30-32)18-16(10-13(25)4-6-24)15-5-9-38-19(15)20(29-18)37-39(34,35)23(26,27)28/h4-6,9-11H,7-8,12H2,1-3H3/b6-4+,13-10?. The number of carbonyl (C=O) groups is 1. The Bertz CT molecular complexity index is 1590. The summed E-state index contributed by atoms with van der Waals surface area (Å²) in [7, 11) is -6.09. The Kier molecular flexibility index (Phi) is 7.46. The largest absolute Gasteiger partial charge is 0.534 e. The Hall–Kier alpha value is -3.53. The van der Waals surface area contributed by atoms with Crippen molar-refractivity contribution in [1.29, 1.82) is 0 Å². The van der Waals surface area contributed by atoms with Gasteiger partial charge in [0.25, 0.3) is 5.88 Å². The highest BCUT2D eigenvalue weighted by Gasteiger charge is 2.49. The van der Waals surface area contributed by atoms with Gasteiger partial charge in [0.05, 0.1) is 29.8 Å². The minimum atomic E-state index is -6.09. The molecule has 1 amide bonds. The number of fused-ring (bicyclic) bond motifs is 2. The predicted octanol–water partition coefficient (Wildman–Crippen LogP) is 5.93. The monoisotopic (exact) mass is 592 g/mol. The van der Waals surface area contributed by atoms with E-state index in [0.717, 1.165) is 17.4 Å². The molecule has 0 N–H and O–H groups in total. The second-order valence-corrected chi connectivity index (χ2v) is 11.7. The van der Waals surface area contributed by atoms with Crippen LogP contribution in [-0.4, -0.2) is 51.8 Å². The SMILES string of the molecule is CC(C)(C)OC(=O)N1CCn2nc(-c3nc(OS(=O)(=O)C(F)(F)F)c4sccc4c3C=C(F)/C=C/F)cc2C1. The molecule has 39 heavy (non-hydrogen) atoms. The number of halogens is 5. The molecule has 210 valence electrons. The third-order valence-electron chi connectivity index (χ3n) is 5.29. The molecule has 0 saturated heterocycles. The quantitative estimate of drug-likeness (QED) is 0.157. The lowest BCUT2D eigenvalue weighted by Gasteiger charge is -2.30. The lowest BCUT2D eigenvalue weighted by Crippen LogP contribution is -2.41. The minimum Gasteiger partial charge on any atom is -0.444 e. The van der Waals surface area contributed by atoms with E-state index in [1.165, 1.54) is 27.1 Å². The number of thiophene rings is 1. The summed E-state index contributed by atoms with van der Waals surface area (Å²) in [6.45, 7) is 5.68. The first-order valence-corrected chi connectivity index (χ1v) is 13.5. The van der Waals surface area contributed by atoms with Crippen molar-refractivity contribution >= 4 is 43.7 Å². The fraction of sp³-hybridized carbons (Fsp3) is 0.348. The van der Waals surface area contributed by atoms with Crippen molar-refractivity contribution < 1.29 is 44.1 Å². The van der Waals surface area contributed by atoms with Gasteiger partial charge in [0.2, 0.25) is 0 Å². The van der Waals surface area contributed by atoms with Crippen molar-refractivity contribution in [1.82, 2.24) is 19.7 Å². The molecule has 0 spiro atoms. The van der Waals surface area contributed by atoms with Crippen LogP contribution in [0, 0.1) is 0 Å². The summed E-state index contributed by atoms with van der Waals surface area (Å²) < 4.78 is 101. The zero-order chi connectivity index (χ0) is 28.8. The third-order valence-corrected chi connectivity index (χ3v) is 7.13. The molecule has 1 aliphatic heterocycles. The maximum absolute atomic E-state index is 14.4. The normalized spacial score (nSPS) is 15.2. The van der Waals surface area contributed by atoms with Gasteiger partial charge in [-0.3, -0.25) is 4.68 Å². The molecule has 0 atom stereocenters. The summed E-state index contributed by atoms with van der Waals surface area (Å²) in [5, 5.41) is 5.90. The molecule has 0 saturated carbocycles. The number of hydrogen-bond acceptors (Lipinski definition) is 8. The van der Waals surface area contributed by atoms with Gasteiger partial charge in [-0.05, 0) is 44.4 Å². The molecule has 4 rings (SSSR count). The molecule has 3 aromatic rings. The van der Waals surface area contributed by atoms with E-state index < -0.39 is 39.0 Å². The van der Waals surface area contributed by atoms with Crippen LogP contribution in [0.4, 0.5) is 26.7 Å². The first kappa shape index (κ1) is 28.5. The van der Waals surface area contributed by atoms with Crippen molar-refractivity contribution in [3.8, 4) is 17.3 Å². The lowest BCUT2D eigenvalue weighted by atomic mass is 10.1. The van der Waals surface area contributed by atoms with E-state index in [-0.39, 0.29) is 53.0 Å². The van der Waals surface area contributed by atoms with Crippen molar-refractivity contribution in [3.63, 3.8) is 0 Å². The smallest absolute Gasteiger partial charge is 0.444 e. The molecule has 0 radical (unpaired) electrons. The van der Waals surface area contributed by atoms with Gasteiger partial charge in [-0.1, -0.05) is 0 Å². The van der Waals surface area contributed by atoms with Crippen molar-refractivity contribution in [2.24, 2.45) is 0 Å². The van der Waals surface area contributed by atoms with Gasteiger partial charge in [0.15, 0.2) is 0 Å². The van der Waals surface area contributed by atoms with Crippen LogP contribution in [0.25, 0.3) is 27.6 Å².